The van der Waals surface area contributed by atoms with Gasteiger partial charge >= 0.3 is 5.97 Å². The van der Waals surface area contributed by atoms with Gasteiger partial charge in [-0.15, -0.1) is 0 Å². The molecule has 0 aliphatic carbocycles. The lowest BCUT2D eigenvalue weighted by molar-refractivity contribution is 0.0568. The molecule has 1 unspecified atom stereocenters. The zero-order valence-electron chi connectivity index (χ0n) is 10.3. The topological polar surface area (TPSA) is 61.8 Å². The van der Waals surface area contributed by atoms with Crippen molar-refractivity contribution < 1.29 is 23.8 Å². The second-order valence-corrected chi connectivity index (χ2v) is 4.03. The smallest absolute Gasteiger partial charge is 0.337 e. The first-order valence-electron chi connectivity index (χ1n) is 5.57. The van der Waals surface area contributed by atoms with Gasteiger partial charge in [0, 0.05) is 7.11 Å². The summed E-state index contributed by atoms with van der Waals surface area (Å²) >= 11 is 0. The predicted octanol–water partition coefficient (Wildman–Crippen LogP) is 1.45. The Labute approximate surface area is 105 Å². The number of Topliss-reactive ketones (excluding diaryl/α,β-unsaturated/α-hetero) is 1. The highest BCUT2D eigenvalue weighted by atomic mass is 16.5. The van der Waals surface area contributed by atoms with E-state index in [1.165, 1.54) is 13.2 Å². The van der Waals surface area contributed by atoms with Crippen LogP contribution < -0.4 is 4.74 Å². The first kappa shape index (κ1) is 12.6. The second-order valence-electron chi connectivity index (χ2n) is 4.03. The van der Waals surface area contributed by atoms with Gasteiger partial charge in [0.2, 0.25) is 0 Å². The number of ketones is 1. The predicted molar refractivity (Wildman–Crippen MR) is 63.0 cm³/mol. The summed E-state index contributed by atoms with van der Waals surface area (Å²) in [5.74, 6) is -0.0328. The van der Waals surface area contributed by atoms with Crippen LogP contribution >= 0.6 is 0 Å². The van der Waals surface area contributed by atoms with Gasteiger partial charge in [-0.2, -0.15) is 0 Å². The van der Waals surface area contributed by atoms with E-state index in [2.05, 4.69) is 4.74 Å². The van der Waals surface area contributed by atoms with Gasteiger partial charge in [0.25, 0.3) is 0 Å². The molecule has 5 nitrogen and oxygen atoms in total. The van der Waals surface area contributed by atoms with Crippen LogP contribution in [0.15, 0.2) is 18.2 Å². The molecule has 1 aliphatic heterocycles. The summed E-state index contributed by atoms with van der Waals surface area (Å²) in [6.07, 6.45) is -0.00941. The van der Waals surface area contributed by atoms with Crippen LogP contribution in [0, 0.1) is 0 Å². The average Bonchev–Trinajstić information content (AvgIpc) is 2.38. The molecule has 2 rings (SSSR count). The van der Waals surface area contributed by atoms with E-state index in [0.717, 1.165) is 0 Å². The second kappa shape index (κ2) is 5.18. The average molecular weight is 250 g/mol. The zero-order chi connectivity index (χ0) is 13.1. The summed E-state index contributed by atoms with van der Waals surface area (Å²) in [7, 11) is 2.86. The molecule has 0 saturated heterocycles. The normalized spacial score (nSPS) is 17.9. The Kier molecular flexibility index (Phi) is 3.62. The third-order valence-electron chi connectivity index (χ3n) is 2.76. The SMILES string of the molecule is COCC1CC(=O)c2cc(C(=O)OC)ccc2O1. The maximum Gasteiger partial charge on any atom is 0.337 e. The molecule has 0 spiro atoms. The van der Waals surface area contributed by atoms with E-state index in [4.69, 9.17) is 9.47 Å². The van der Waals surface area contributed by atoms with E-state index in [1.807, 2.05) is 0 Å². The minimum Gasteiger partial charge on any atom is -0.487 e. The van der Waals surface area contributed by atoms with Gasteiger partial charge in [0.1, 0.15) is 11.9 Å². The Morgan fingerprint density at radius 2 is 2.22 bits per heavy atom. The number of ether oxygens (including phenoxy) is 3. The summed E-state index contributed by atoms with van der Waals surface area (Å²) in [5.41, 5.74) is 0.767. The Balaban J connectivity index is 2.29. The summed E-state index contributed by atoms with van der Waals surface area (Å²) in [6, 6.07) is 4.70. The monoisotopic (exact) mass is 250 g/mol. The van der Waals surface area contributed by atoms with Crippen LogP contribution in [-0.2, 0) is 9.47 Å². The summed E-state index contributed by atoms with van der Waals surface area (Å²) in [4.78, 5) is 23.3. The molecular weight excluding hydrogens is 236 g/mol. The van der Waals surface area contributed by atoms with E-state index in [0.29, 0.717) is 23.5 Å². The molecule has 1 heterocycles. The van der Waals surface area contributed by atoms with E-state index in [9.17, 15) is 9.59 Å². The van der Waals surface area contributed by atoms with Crippen molar-refractivity contribution >= 4 is 11.8 Å². The van der Waals surface area contributed by atoms with Crippen LogP contribution in [0.2, 0.25) is 0 Å². The van der Waals surface area contributed by atoms with Gasteiger partial charge in [0.05, 0.1) is 31.3 Å². The summed E-state index contributed by atoms with van der Waals surface area (Å²) in [5, 5.41) is 0. The number of rotatable bonds is 3. The van der Waals surface area contributed by atoms with Crippen molar-refractivity contribution in [1.29, 1.82) is 0 Å². The van der Waals surface area contributed by atoms with Gasteiger partial charge in [0.15, 0.2) is 5.78 Å². The van der Waals surface area contributed by atoms with Crippen molar-refractivity contribution in [2.24, 2.45) is 0 Å². The molecule has 0 bridgehead atoms. The molecule has 5 heteroatoms. The van der Waals surface area contributed by atoms with Crippen LogP contribution in [0.5, 0.6) is 5.75 Å². The van der Waals surface area contributed by atoms with Crippen LogP contribution in [0.3, 0.4) is 0 Å². The lowest BCUT2D eigenvalue weighted by Gasteiger charge is -2.24. The summed E-state index contributed by atoms with van der Waals surface area (Å²) < 4.78 is 15.2. The molecule has 1 aromatic carbocycles. The van der Waals surface area contributed by atoms with Crippen LogP contribution in [0.1, 0.15) is 27.1 Å². The highest BCUT2D eigenvalue weighted by Gasteiger charge is 2.27. The minimum atomic E-state index is -0.468. The Bertz CT molecular complexity index is 480. The number of carbonyl (C=O) groups is 2. The molecule has 96 valence electrons. The molecule has 1 atom stereocenters. The van der Waals surface area contributed by atoms with E-state index in [-0.39, 0.29) is 18.3 Å². The van der Waals surface area contributed by atoms with Crippen LogP contribution in [0.4, 0.5) is 0 Å². The van der Waals surface area contributed by atoms with Gasteiger partial charge in [-0.25, -0.2) is 4.79 Å². The first-order valence-corrected chi connectivity index (χ1v) is 5.57. The maximum absolute atomic E-state index is 11.9. The van der Waals surface area contributed by atoms with Gasteiger partial charge in [-0.3, -0.25) is 4.79 Å². The van der Waals surface area contributed by atoms with Crippen molar-refractivity contribution in [2.75, 3.05) is 20.8 Å². The van der Waals surface area contributed by atoms with E-state index in [1.54, 1.807) is 19.2 Å². The molecule has 0 saturated carbocycles. The number of esters is 1. The van der Waals surface area contributed by atoms with Gasteiger partial charge < -0.3 is 14.2 Å². The van der Waals surface area contributed by atoms with Crippen molar-refractivity contribution in [3.8, 4) is 5.75 Å². The Morgan fingerprint density at radius 3 is 2.89 bits per heavy atom. The maximum atomic E-state index is 11.9. The zero-order valence-corrected chi connectivity index (χ0v) is 10.3. The van der Waals surface area contributed by atoms with E-state index >= 15 is 0 Å². The molecular formula is C13H14O5. The lowest BCUT2D eigenvalue weighted by atomic mass is 9.99. The van der Waals surface area contributed by atoms with Crippen molar-refractivity contribution in [1.82, 2.24) is 0 Å². The van der Waals surface area contributed by atoms with E-state index < -0.39 is 5.97 Å². The Hall–Kier alpha value is -1.88. The number of benzene rings is 1. The molecule has 0 radical (unpaired) electrons. The molecule has 1 aromatic rings. The molecule has 18 heavy (non-hydrogen) atoms. The number of fused-ring (bicyclic) bond motifs is 1. The minimum absolute atomic E-state index is 0.0518. The van der Waals surface area contributed by atoms with Gasteiger partial charge in [-0.05, 0) is 18.2 Å². The number of hydrogen-bond donors (Lipinski definition) is 0. The molecule has 0 N–H and O–H groups in total. The quantitative estimate of drug-likeness (QED) is 0.760. The number of carbonyl (C=O) groups excluding carboxylic acids is 2. The first-order chi connectivity index (χ1) is 8.65. The standard InChI is InChI=1S/C13H14O5/c1-16-7-9-6-11(14)10-5-8(13(15)17-2)3-4-12(10)18-9/h3-5,9H,6-7H2,1-2H3. The third kappa shape index (κ3) is 2.36. The molecule has 0 aromatic heterocycles. The van der Waals surface area contributed by atoms with Crippen LogP contribution in [-0.4, -0.2) is 38.7 Å². The lowest BCUT2D eigenvalue weighted by Crippen LogP contribution is -2.30. The van der Waals surface area contributed by atoms with Gasteiger partial charge in [-0.1, -0.05) is 0 Å². The molecule has 0 fully saturated rings. The highest BCUT2D eigenvalue weighted by molar-refractivity contribution is 6.02. The van der Waals surface area contributed by atoms with Crippen molar-refractivity contribution in [3.05, 3.63) is 29.3 Å². The number of hydrogen-bond acceptors (Lipinski definition) is 5. The van der Waals surface area contributed by atoms with Crippen molar-refractivity contribution in [3.63, 3.8) is 0 Å². The highest BCUT2D eigenvalue weighted by Crippen LogP contribution is 2.28. The largest absolute Gasteiger partial charge is 0.487 e. The molecule has 1 aliphatic rings. The number of methoxy groups -OCH3 is 2. The fourth-order valence-electron chi connectivity index (χ4n) is 1.91. The Morgan fingerprint density at radius 1 is 1.44 bits per heavy atom. The fraction of sp³-hybridized carbons (Fsp3) is 0.385. The van der Waals surface area contributed by atoms with Crippen molar-refractivity contribution in [2.45, 2.75) is 12.5 Å². The third-order valence-corrected chi connectivity index (χ3v) is 2.76. The molecule has 0 amide bonds. The fourth-order valence-corrected chi connectivity index (χ4v) is 1.91. The summed E-state index contributed by atoms with van der Waals surface area (Å²) in [6.45, 7) is 0.365. The van der Waals surface area contributed by atoms with Crippen LogP contribution in [0.25, 0.3) is 0 Å².